The van der Waals surface area contributed by atoms with Crippen LogP contribution in [0.5, 0.6) is 5.75 Å². The third kappa shape index (κ3) is 1.73. The zero-order chi connectivity index (χ0) is 14.3. The van der Waals surface area contributed by atoms with Crippen LogP contribution >= 0.6 is 0 Å². The molecule has 4 heteroatoms. The summed E-state index contributed by atoms with van der Waals surface area (Å²) in [6.45, 7) is -0.167. The lowest BCUT2D eigenvalue weighted by Crippen LogP contribution is -2.21. The van der Waals surface area contributed by atoms with E-state index in [1.165, 1.54) is 7.11 Å². The van der Waals surface area contributed by atoms with Crippen LogP contribution < -0.4 is 4.74 Å². The van der Waals surface area contributed by atoms with Crippen molar-refractivity contribution in [3.05, 3.63) is 64.2 Å². The van der Waals surface area contributed by atoms with Gasteiger partial charge in [-0.25, -0.2) is 0 Å². The van der Waals surface area contributed by atoms with E-state index in [0.717, 1.165) is 0 Å². The maximum Gasteiger partial charge on any atom is 0.194 e. The van der Waals surface area contributed by atoms with E-state index in [-0.39, 0.29) is 18.2 Å². The van der Waals surface area contributed by atoms with Gasteiger partial charge < -0.3 is 9.84 Å². The van der Waals surface area contributed by atoms with Crippen LogP contribution in [-0.4, -0.2) is 23.8 Å². The molecule has 1 aliphatic rings. The van der Waals surface area contributed by atoms with E-state index >= 15 is 0 Å². The third-order valence-corrected chi connectivity index (χ3v) is 3.47. The molecular weight excluding hydrogens is 256 g/mol. The molecule has 4 nitrogen and oxygen atoms in total. The molecule has 0 saturated heterocycles. The minimum atomic E-state index is -0.219. The van der Waals surface area contributed by atoms with Crippen LogP contribution in [0.25, 0.3) is 0 Å². The molecule has 0 fully saturated rings. The Morgan fingerprint density at radius 2 is 1.50 bits per heavy atom. The number of aliphatic hydroxyl groups excluding tert-OH is 1. The molecule has 1 aliphatic carbocycles. The Morgan fingerprint density at radius 3 is 2.15 bits per heavy atom. The molecular formula is C16H12O4. The highest BCUT2D eigenvalue weighted by Crippen LogP contribution is 2.30. The molecule has 0 bridgehead atoms. The Morgan fingerprint density at radius 1 is 0.900 bits per heavy atom. The number of benzene rings is 2. The Kier molecular flexibility index (Phi) is 2.88. The van der Waals surface area contributed by atoms with Gasteiger partial charge in [-0.15, -0.1) is 0 Å². The Labute approximate surface area is 115 Å². The first-order valence-electron chi connectivity index (χ1n) is 6.17. The first kappa shape index (κ1) is 12.6. The van der Waals surface area contributed by atoms with Gasteiger partial charge in [-0.1, -0.05) is 6.07 Å². The van der Waals surface area contributed by atoms with Gasteiger partial charge in [-0.05, 0) is 35.9 Å². The topological polar surface area (TPSA) is 63.6 Å². The molecule has 3 rings (SSSR count). The van der Waals surface area contributed by atoms with Gasteiger partial charge in [-0.2, -0.15) is 0 Å². The average molecular weight is 268 g/mol. The first-order chi connectivity index (χ1) is 9.65. The van der Waals surface area contributed by atoms with Crippen molar-refractivity contribution >= 4 is 11.6 Å². The predicted molar refractivity (Wildman–Crippen MR) is 72.2 cm³/mol. The summed E-state index contributed by atoms with van der Waals surface area (Å²) >= 11 is 0. The van der Waals surface area contributed by atoms with Crippen molar-refractivity contribution in [3.8, 4) is 5.75 Å². The number of hydrogen-bond acceptors (Lipinski definition) is 4. The Hall–Kier alpha value is -2.46. The molecule has 0 atom stereocenters. The smallest absolute Gasteiger partial charge is 0.194 e. The molecule has 2 aromatic rings. The van der Waals surface area contributed by atoms with Gasteiger partial charge in [-0.3, -0.25) is 9.59 Å². The number of hydrogen-bond donors (Lipinski definition) is 1. The standard InChI is InChI=1S/C16H12O4/c1-20-10-3-5-12-14(7-10)16(19)13-6-9(8-17)2-4-11(13)15(12)18/h2-7,17H,8H2,1H3. The molecule has 0 unspecified atom stereocenters. The number of methoxy groups -OCH3 is 1. The maximum atomic E-state index is 12.5. The van der Waals surface area contributed by atoms with Crippen LogP contribution in [0.3, 0.4) is 0 Å². The fraction of sp³-hybridized carbons (Fsp3) is 0.125. The summed E-state index contributed by atoms with van der Waals surface area (Å²) in [4.78, 5) is 24.9. The Bertz CT molecular complexity index is 672. The molecule has 1 N–H and O–H groups in total. The lowest BCUT2D eigenvalue weighted by Gasteiger charge is -2.18. The molecule has 0 saturated carbocycles. The van der Waals surface area contributed by atoms with Crippen LogP contribution in [-0.2, 0) is 6.61 Å². The summed E-state index contributed by atoms with van der Waals surface area (Å²) in [5, 5.41) is 9.15. The zero-order valence-electron chi connectivity index (χ0n) is 10.8. The second kappa shape index (κ2) is 4.58. The van der Waals surface area contributed by atoms with Crippen LogP contribution in [0.4, 0.5) is 0 Å². The van der Waals surface area contributed by atoms with Crippen molar-refractivity contribution in [3.63, 3.8) is 0 Å². The lowest BCUT2D eigenvalue weighted by molar-refractivity contribution is 0.0978. The quantitative estimate of drug-likeness (QED) is 0.771. The van der Waals surface area contributed by atoms with Crippen LogP contribution in [0.2, 0.25) is 0 Å². The highest BCUT2D eigenvalue weighted by atomic mass is 16.5. The number of carbonyl (C=O) groups excluding carboxylic acids is 2. The number of ether oxygens (including phenoxy) is 1. The van der Waals surface area contributed by atoms with Gasteiger partial charge in [0, 0.05) is 22.3 Å². The van der Waals surface area contributed by atoms with E-state index in [4.69, 9.17) is 9.84 Å². The van der Waals surface area contributed by atoms with E-state index < -0.39 is 0 Å². The highest BCUT2D eigenvalue weighted by Gasteiger charge is 2.30. The summed E-state index contributed by atoms with van der Waals surface area (Å²) in [6, 6.07) is 9.66. The normalized spacial score (nSPS) is 12.9. The molecule has 0 aliphatic heterocycles. The van der Waals surface area contributed by atoms with Gasteiger partial charge in [0.1, 0.15) is 5.75 Å². The number of carbonyl (C=O) groups is 2. The molecule has 2 aromatic carbocycles. The largest absolute Gasteiger partial charge is 0.497 e. The molecule has 100 valence electrons. The second-order valence-corrected chi connectivity index (χ2v) is 4.61. The fourth-order valence-corrected chi connectivity index (χ4v) is 2.40. The summed E-state index contributed by atoms with van der Waals surface area (Å²) < 4.78 is 5.09. The van der Waals surface area contributed by atoms with Crippen molar-refractivity contribution in [1.82, 2.24) is 0 Å². The van der Waals surface area contributed by atoms with E-state index in [1.807, 2.05) is 0 Å². The van der Waals surface area contributed by atoms with Gasteiger partial charge >= 0.3 is 0 Å². The monoisotopic (exact) mass is 268 g/mol. The molecule has 0 amide bonds. The van der Waals surface area contributed by atoms with E-state index in [2.05, 4.69) is 0 Å². The van der Waals surface area contributed by atoms with Crippen molar-refractivity contribution in [2.75, 3.05) is 7.11 Å². The van der Waals surface area contributed by atoms with Gasteiger partial charge in [0.05, 0.1) is 13.7 Å². The van der Waals surface area contributed by atoms with Gasteiger partial charge in [0.2, 0.25) is 0 Å². The minimum Gasteiger partial charge on any atom is -0.497 e. The van der Waals surface area contributed by atoms with Crippen LogP contribution in [0.1, 0.15) is 37.4 Å². The molecule has 0 heterocycles. The van der Waals surface area contributed by atoms with Crippen LogP contribution in [0.15, 0.2) is 36.4 Å². The maximum absolute atomic E-state index is 12.5. The van der Waals surface area contributed by atoms with E-state index in [9.17, 15) is 9.59 Å². The number of aliphatic hydroxyl groups is 1. The Balaban J connectivity index is 2.22. The second-order valence-electron chi connectivity index (χ2n) is 4.61. The highest BCUT2D eigenvalue weighted by molar-refractivity contribution is 6.28. The SMILES string of the molecule is COc1ccc2c(c1)C(=O)c1cc(CO)ccc1C2=O. The van der Waals surface area contributed by atoms with E-state index in [0.29, 0.717) is 33.6 Å². The molecule has 0 radical (unpaired) electrons. The fourth-order valence-electron chi connectivity index (χ4n) is 2.40. The summed E-state index contributed by atoms with van der Waals surface area (Å²) in [6.07, 6.45) is 0. The van der Waals surface area contributed by atoms with Crippen LogP contribution in [0, 0.1) is 0 Å². The summed E-state index contributed by atoms with van der Waals surface area (Å²) in [7, 11) is 1.51. The first-order valence-corrected chi connectivity index (χ1v) is 6.17. The van der Waals surface area contributed by atoms with Crippen molar-refractivity contribution in [2.45, 2.75) is 6.61 Å². The third-order valence-electron chi connectivity index (χ3n) is 3.47. The predicted octanol–water partition coefficient (Wildman–Crippen LogP) is 1.96. The lowest BCUT2D eigenvalue weighted by atomic mass is 9.83. The average Bonchev–Trinajstić information content (AvgIpc) is 2.51. The zero-order valence-corrected chi connectivity index (χ0v) is 10.8. The molecule has 0 spiro atoms. The molecule has 0 aromatic heterocycles. The van der Waals surface area contributed by atoms with Crippen molar-refractivity contribution in [1.29, 1.82) is 0 Å². The number of fused-ring (bicyclic) bond motifs is 2. The summed E-state index contributed by atoms with van der Waals surface area (Å²) in [5.74, 6) is 0.136. The molecule has 20 heavy (non-hydrogen) atoms. The van der Waals surface area contributed by atoms with Crippen molar-refractivity contribution < 1.29 is 19.4 Å². The number of rotatable bonds is 2. The minimum absolute atomic E-state index is 0.167. The van der Waals surface area contributed by atoms with E-state index in [1.54, 1.807) is 36.4 Å². The summed E-state index contributed by atoms with van der Waals surface area (Å²) in [5.41, 5.74) is 2.06. The van der Waals surface area contributed by atoms with Crippen molar-refractivity contribution in [2.24, 2.45) is 0 Å². The van der Waals surface area contributed by atoms with Gasteiger partial charge in [0.25, 0.3) is 0 Å². The van der Waals surface area contributed by atoms with Gasteiger partial charge in [0.15, 0.2) is 11.6 Å². The number of ketones is 2.